The number of nitrogens with zero attached hydrogens (tertiary/aromatic N) is 6. The number of rotatable bonds is 5. The minimum atomic E-state index is 0.328. The quantitative estimate of drug-likeness (QED) is 0.886. The van der Waals surface area contributed by atoms with Crippen LogP contribution in [0.2, 0.25) is 0 Å². The molecule has 2 aromatic heterocycles. The van der Waals surface area contributed by atoms with Crippen molar-refractivity contribution < 1.29 is 0 Å². The van der Waals surface area contributed by atoms with Crippen LogP contribution in [0.5, 0.6) is 0 Å². The lowest BCUT2D eigenvalue weighted by atomic mass is 10.1. The maximum absolute atomic E-state index is 4.83. The number of hydrogen-bond acceptors (Lipinski definition) is 7. The second-order valence-electron chi connectivity index (χ2n) is 7.15. The first kappa shape index (κ1) is 17.1. The summed E-state index contributed by atoms with van der Waals surface area (Å²) in [4.78, 5) is 23.2. The van der Waals surface area contributed by atoms with E-state index in [-0.39, 0.29) is 0 Å². The molecule has 7 heteroatoms. The van der Waals surface area contributed by atoms with Crippen molar-refractivity contribution in [2.75, 3.05) is 36.9 Å². The Bertz CT molecular complexity index is 757. The van der Waals surface area contributed by atoms with Crippen molar-refractivity contribution in [2.24, 2.45) is 0 Å². The topological polar surface area (TPSA) is 70.1 Å². The van der Waals surface area contributed by atoms with E-state index < -0.39 is 0 Å². The van der Waals surface area contributed by atoms with Crippen LogP contribution >= 0.6 is 0 Å². The van der Waals surface area contributed by atoms with E-state index in [4.69, 9.17) is 9.97 Å². The molecule has 0 aromatic carbocycles. The monoisotopic (exact) mass is 353 g/mol. The third-order valence-electron chi connectivity index (χ3n) is 5.27. The van der Waals surface area contributed by atoms with E-state index in [2.05, 4.69) is 31.2 Å². The summed E-state index contributed by atoms with van der Waals surface area (Å²) < 4.78 is 0. The Morgan fingerprint density at radius 1 is 1.12 bits per heavy atom. The van der Waals surface area contributed by atoms with Gasteiger partial charge in [0.15, 0.2) is 0 Å². The molecule has 0 saturated carbocycles. The average Bonchev–Trinajstić information content (AvgIpc) is 3.33. The molecule has 0 bridgehead atoms. The van der Waals surface area contributed by atoms with E-state index in [9.17, 15) is 0 Å². The molecule has 2 fully saturated rings. The van der Waals surface area contributed by atoms with Gasteiger partial charge in [-0.3, -0.25) is 4.90 Å². The van der Waals surface area contributed by atoms with Crippen molar-refractivity contribution in [2.45, 2.75) is 45.2 Å². The van der Waals surface area contributed by atoms with Gasteiger partial charge in [-0.15, -0.1) is 0 Å². The summed E-state index contributed by atoms with van der Waals surface area (Å²) in [5.41, 5.74) is 2.20. The van der Waals surface area contributed by atoms with Crippen LogP contribution in [0.4, 0.5) is 11.8 Å². The predicted molar refractivity (Wildman–Crippen MR) is 102 cm³/mol. The highest BCUT2D eigenvalue weighted by Gasteiger charge is 2.28. The molecule has 26 heavy (non-hydrogen) atoms. The molecule has 0 spiro atoms. The van der Waals surface area contributed by atoms with Crippen LogP contribution in [-0.4, -0.2) is 51.5 Å². The van der Waals surface area contributed by atoms with Gasteiger partial charge >= 0.3 is 0 Å². The molecule has 7 nitrogen and oxygen atoms in total. The first-order valence-electron chi connectivity index (χ1n) is 9.57. The highest BCUT2D eigenvalue weighted by Crippen LogP contribution is 2.32. The third kappa shape index (κ3) is 3.62. The highest BCUT2D eigenvalue weighted by molar-refractivity contribution is 5.36. The standard InChI is InChI=1S/C19H27N7/c1-14-22-16(12-18(20-2)23-14)17-6-5-11-26(17)13-15-7-8-21-19(24-15)25-9-3-4-10-25/h7-8,12,17H,3-6,9-11,13H2,1-2H3,(H,20,22,23)/t17-/m0/s1. The van der Waals surface area contributed by atoms with E-state index in [1.165, 1.54) is 19.3 Å². The molecule has 2 aromatic rings. The van der Waals surface area contributed by atoms with Crippen molar-refractivity contribution in [3.63, 3.8) is 0 Å². The zero-order chi connectivity index (χ0) is 17.9. The lowest BCUT2D eigenvalue weighted by Gasteiger charge is -2.24. The van der Waals surface area contributed by atoms with Crippen molar-refractivity contribution in [3.8, 4) is 0 Å². The second-order valence-corrected chi connectivity index (χ2v) is 7.15. The molecule has 0 unspecified atom stereocenters. The third-order valence-corrected chi connectivity index (χ3v) is 5.27. The van der Waals surface area contributed by atoms with Crippen LogP contribution in [0.3, 0.4) is 0 Å². The number of aryl methyl sites for hydroxylation is 1. The Kier molecular flexibility index (Phi) is 4.97. The minimum absolute atomic E-state index is 0.328. The fourth-order valence-corrected chi connectivity index (χ4v) is 3.99. The van der Waals surface area contributed by atoms with E-state index in [0.29, 0.717) is 6.04 Å². The molecule has 0 aliphatic carbocycles. The summed E-state index contributed by atoms with van der Waals surface area (Å²) in [6.45, 7) is 6.01. The summed E-state index contributed by atoms with van der Waals surface area (Å²) in [5.74, 6) is 2.58. The molecule has 1 N–H and O–H groups in total. The Morgan fingerprint density at radius 3 is 2.77 bits per heavy atom. The van der Waals surface area contributed by atoms with Crippen LogP contribution in [0, 0.1) is 6.92 Å². The van der Waals surface area contributed by atoms with E-state index in [1.54, 1.807) is 0 Å². The molecule has 4 rings (SSSR count). The zero-order valence-corrected chi connectivity index (χ0v) is 15.6. The van der Waals surface area contributed by atoms with Gasteiger partial charge in [-0.1, -0.05) is 0 Å². The zero-order valence-electron chi connectivity index (χ0n) is 15.6. The fourth-order valence-electron chi connectivity index (χ4n) is 3.99. The molecule has 2 aliphatic rings. The van der Waals surface area contributed by atoms with Crippen LogP contribution < -0.4 is 10.2 Å². The van der Waals surface area contributed by atoms with Gasteiger partial charge in [0.2, 0.25) is 5.95 Å². The molecule has 0 amide bonds. The SMILES string of the molecule is CNc1cc([C@@H]2CCCN2Cc2ccnc(N3CCCC3)n2)nc(C)n1. The Balaban J connectivity index is 1.52. The number of nitrogens with one attached hydrogen (secondary N) is 1. The molecular weight excluding hydrogens is 326 g/mol. The summed E-state index contributed by atoms with van der Waals surface area (Å²) in [6.07, 6.45) is 6.69. The molecule has 2 saturated heterocycles. The van der Waals surface area contributed by atoms with Crippen LogP contribution in [0.15, 0.2) is 18.3 Å². The van der Waals surface area contributed by atoms with Crippen LogP contribution in [-0.2, 0) is 6.54 Å². The van der Waals surface area contributed by atoms with Gasteiger partial charge in [0.05, 0.1) is 17.4 Å². The molecule has 138 valence electrons. The van der Waals surface area contributed by atoms with Crippen molar-refractivity contribution in [1.29, 1.82) is 0 Å². The predicted octanol–water partition coefficient (Wildman–Crippen LogP) is 2.55. The summed E-state index contributed by atoms with van der Waals surface area (Å²) in [7, 11) is 1.90. The van der Waals surface area contributed by atoms with Crippen molar-refractivity contribution >= 4 is 11.8 Å². The summed E-state index contributed by atoms with van der Waals surface area (Å²) >= 11 is 0. The second kappa shape index (κ2) is 7.53. The maximum Gasteiger partial charge on any atom is 0.225 e. The largest absolute Gasteiger partial charge is 0.373 e. The van der Waals surface area contributed by atoms with Gasteiger partial charge in [-0.05, 0) is 45.2 Å². The molecule has 1 atom stereocenters. The summed E-state index contributed by atoms with van der Waals surface area (Å²) in [6, 6.07) is 4.44. The Labute approximate surface area is 154 Å². The van der Waals surface area contributed by atoms with Gasteiger partial charge in [0.25, 0.3) is 0 Å². The van der Waals surface area contributed by atoms with E-state index >= 15 is 0 Å². The number of likely N-dealkylation sites (tertiary alicyclic amines) is 1. The Morgan fingerprint density at radius 2 is 1.96 bits per heavy atom. The smallest absolute Gasteiger partial charge is 0.225 e. The van der Waals surface area contributed by atoms with Gasteiger partial charge in [0.1, 0.15) is 11.6 Å². The molecular formula is C19H27N7. The van der Waals surface area contributed by atoms with Gasteiger partial charge in [-0.2, -0.15) is 0 Å². The fraction of sp³-hybridized carbons (Fsp3) is 0.579. The molecule has 4 heterocycles. The lowest BCUT2D eigenvalue weighted by molar-refractivity contribution is 0.241. The first-order valence-corrected chi connectivity index (χ1v) is 9.57. The van der Waals surface area contributed by atoms with Crippen molar-refractivity contribution in [1.82, 2.24) is 24.8 Å². The maximum atomic E-state index is 4.83. The average molecular weight is 353 g/mol. The van der Waals surface area contributed by atoms with Gasteiger partial charge < -0.3 is 10.2 Å². The van der Waals surface area contributed by atoms with E-state index in [1.807, 2.05) is 26.2 Å². The van der Waals surface area contributed by atoms with E-state index in [0.717, 1.165) is 61.6 Å². The first-order chi connectivity index (χ1) is 12.7. The molecule has 0 radical (unpaired) electrons. The van der Waals surface area contributed by atoms with Crippen LogP contribution in [0.1, 0.15) is 48.9 Å². The van der Waals surface area contributed by atoms with Gasteiger partial charge in [0, 0.05) is 38.9 Å². The van der Waals surface area contributed by atoms with Gasteiger partial charge in [-0.25, -0.2) is 19.9 Å². The summed E-state index contributed by atoms with van der Waals surface area (Å²) in [5, 5.41) is 3.14. The van der Waals surface area contributed by atoms with Crippen molar-refractivity contribution in [3.05, 3.63) is 35.5 Å². The number of aromatic nitrogens is 4. The number of anilines is 2. The minimum Gasteiger partial charge on any atom is -0.373 e. The Hall–Kier alpha value is -2.28. The molecule has 2 aliphatic heterocycles. The lowest BCUT2D eigenvalue weighted by Crippen LogP contribution is -2.26. The normalized spacial score (nSPS) is 20.7. The number of hydrogen-bond donors (Lipinski definition) is 1. The highest BCUT2D eigenvalue weighted by atomic mass is 15.3. The van der Waals surface area contributed by atoms with Crippen LogP contribution in [0.25, 0.3) is 0 Å².